The van der Waals surface area contributed by atoms with Gasteiger partial charge in [-0.3, -0.25) is 4.99 Å². The van der Waals surface area contributed by atoms with E-state index in [4.69, 9.17) is 14.5 Å². The Hall–Kier alpha value is -1.95. The first-order chi connectivity index (χ1) is 14.6. The van der Waals surface area contributed by atoms with Crippen molar-refractivity contribution >= 4 is 5.96 Å². The van der Waals surface area contributed by atoms with Crippen LogP contribution < -0.4 is 14.8 Å². The van der Waals surface area contributed by atoms with E-state index in [-0.39, 0.29) is 0 Å². The summed E-state index contributed by atoms with van der Waals surface area (Å²) in [5.74, 6) is 3.43. The largest absolute Gasteiger partial charge is 0.493 e. The molecule has 30 heavy (non-hydrogen) atoms. The van der Waals surface area contributed by atoms with Crippen LogP contribution in [0.3, 0.4) is 0 Å². The van der Waals surface area contributed by atoms with Crippen molar-refractivity contribution in [2.45, 2.75) is 47.0 Å². The normalized spacial score (nSPS) is 16.9. The molecule has 170 valence electrons. The number of aryl methyl sites for hydroxylation is 1. The maximum atomic E-state index is 5.69. The molecule has 1 unspecified atom stereocenters. The van der Waals surface area contributed by atoms with Gasteiger partial charge in [-0.05, 0) is 69.8 Å². The molecule has 0 aromatic heterocycles. The van der Waals surface area contributed by atoms with E-state index < -0.39 is 0 Å². The maximum absolute atomic E-state index is 5.69. The smallest absolute Gasteiger partial charge is 0.193 e. The average Bonchev–Trinajstić information content (AvgIpc) is 3.23. The Bertz CT molecular complexity index is 646. The molecule has 1 aliphatic rings. The Morgan fingerprint density at radius 1 is 1.20 bits per heavy atom. The number of likely N-dealkylation sites (tertiary alicyclic amines) is 1. The van der Waals surface area contributed by atoms with Crippen molar-refractivity contribution in [1.29, 1.82) is 0 Å². The van der Waals surface area contributed by atoms with Gasteiger partial charge in [-0.25, -0.2) is 0 Å². The van der Waals surface area contributed by atoms with Crippen molar-refractivity contribution in [3.8, 4) is 11.5 Å². The predicted molar refractivity (Wildman–Crippen MR) is 126 cm³/mol. The van der Waals surface area contributed by atoms with Gasteiger partial charge in [0.1, 0.15) is 0 Å². The van der Waals surface area contributed by atoms with E-state index in [1.807, 2.05) is 13.0 Å². The standard InChI is InChI=1S/C24H42N4O2/c1-6-25-24(28-16-14-21(19-28)18-27(7-2)8-3)26-15-10-11-20-12-13-22(29-5)23(17-20)30-9-4/h12-13,17,21H,6-11,14-16,18-19H2,1-5H3,(H,25,26). The number of nitrogens with one attached hydrogen (secondary N) is 1. The van der Waals surface area contributed by atoms with Crippen LogP contribution in [0.2, 0.25) is 0 Å². The molecule has 6 nitrogen and oxygen atoms in total. The summed E-state index contributed by atoms with van der Waals surface area (Å²) in [5.41, 5.74) is 1.26. The SMILES string of the molecule is CCNC(=NCCCc1ccc(OC)c(OCC)c1)N1CCC(CN(CC)CC)C1. The Balaban J connectivity index is 1.87. The van der Waals surface area contributed by atoms with Gasteiger partial charge in [0.25, 0.3) is 0 Å². The fourth-order valence-corrected chi connectivity index (χ4v) is 4.06. The van der Waals surface area contributed by atoms with Crippen molar-refractivity contribution in [2.24, 2.45) is 10.9 Å². The number of nitrogens with zero attached hydrogens (tertiary/aromatic N) is 3. The maximum Gasteiger partial charge on any atom is 0.193 e. The zero-order chi connectivity index (χ0) is 21.8. The monoisotopic (exact) mass is 418 g/mol. The zero-order valence-corrected chi connectivity index (χ0v) is 19.7. The Labute approximate surface area is 183 Å². The van der Waals surface area contributed by atoms with Gasteiger partial charge < -0.3 is 24.6 Å². The van der Waals surface area contributed by atoms with Crippen LogP contribution in [0.25, 0.3) is 0 Å². The highest BCUT2D eigenvalue weighted by Crippen LogP contribution is 2.28. The third kappa shape index (κ3) is 7.38. The average molecular weight is 419 g/mol. The van der Waals surface area contributed by atoms with Gasteiger partial charge in [0.15, 0.2) is 17.5 Å². The first-order valence-electron chi connectivity index (χ1n) is 11.7. The molecule has 0 bridgehead atoms. The number of aliphatic imine (C=N–C) groups is 1. The molecule has 0 spiro atoms. The Kier molecular flexibility index (Phi) is 10.8. The first kappa shape index (κ1) is 24.3. The van der Waals surface area contributed by atoms with Crippen LogP contribution in [-0.4, -0.2) is 75.3 Å². The first-order valence-corrected chi connectivity index (χ1v) is 11.7. The molecule has 0 radical (unpaired) electrons. The molecule has 1 fully saturated rings. The Morgan fingerprint density at radius 2 is 2.00 bits per heavy atom. The molecule has 0 amide bonds. The van der Waals surface area contributed by atoms with E-state index in [2.05, 4.69) is 48.0 Å². The van der Waals surface area contributed by atoms with Crippen LogP contribution in [0, 0.1) is 5.92 Å². The third-order valence-corrected chi connectivity index (χ3v) is 5.74. The molecular weight excluding hydrogens is 376 g/mol. The lowest BCUT2D eigenvalue weighted by Gasteiger charge is -2.24. The summed E-state index contributed by atoms with van der Waals surface area (Å²) < 4.78 is 11.1. The summed E-state index contributed by atoms with van der Waals surface area (Å²) in [7, 11) is 1.68. The molecule has 1 saturated heterocycles. The van der Waals surface area contributed by atoms with Crippen LogP contribution in [0.1, 0.15) is 46.1 Å². The van der Waals surface area contributed by atoms with Gasteiger partial charge in [-0.2, -0.15) is 0 Å². The van der Waals surface area contributed by atoms with Crippen molar-refractivity contribution in [1.82, 2.24) is 15.1 Å². The van der Waals surface area contributed by atoms with Gasteiger partial charge in [0.05, 0.1) is 13.7 Å². The molecule has 0 saturated carbocycles. The topological polar surface area (TPSA) is 49.3 Å². The van der Waals surface area contributed by atoms with Crippen LogP contribution >= 0.6 is 0 Å². The predicted octanol–water partition coefficient (Wildman–Crippen LogP) is 3.66. The van der Waals surface area contributed by atoms with Crippen LogP contribution in [0.5, 0.6) is 11.5 Å². The highest BCUT2D eigenvalue weighted by atomic mass is 16.5. The molecule has 1 aromatic rings. The molecule has 2 rings (SSSR count). The molecule has 1 atom stereocenters. The van der Waals surface area contributed by atoms with E-state index in [0.717, 1.165) is 75.5 Å². The molecule has 1 heterocycles. The van der Waals surface area contributed by atoms with E-state index in [9.17, 15) is 0 Å². The Morgan fingerprint density at radius 3 is 2.67 bits per heavy atom. The number of rotatable bonds is 12. The quantitative estimate of drug-likeness (QED) is 0.319. The summed E-state index contributed by atoms with van der Waals surface area (Å²) in [5, 5.41) is 3.49. The van der Waals surface area contributed by atoms with Crippen LogP contribution in [0.4, 0.5) is 0 Å². The summed E-state index contributed by atoms with van der Waals surface area (Å²) in [6.07, 6.45) is 3.26. The van der Waals surface area contributed by atoms with Crippen molar-refractivity contribution < 1.29 is 9.47 Å². The lowest BCUT2D eigenvalue weighted by Crippen LogP contribution is -2.41. The molecular formula is C24H42N4O2. The van der Waals surface area contributed by atoms with Crippen molar-refractivity contribution in [2.75, 3.05) is 59.5 Å². The second-order valence-electron chi connectivity index (χ2n) is 7.84. The summed E-state index contributed by atoms with van der Waals surface area (Å²) in [4.78, 5) is 9.89. The molecule has 1 aromatic carbocycles. The van der Waals surface area contributed by atoms with Crippen molar-refractivity contribution in [3.05, 3.63) is 23.8 Å². The van der Waals surface area contributed by atoms with E-state index in [1.165, 1.54) is 18.5 Å². The van der Waals surface area contributed by atoms with E-state index in [0.29, 0.717) is 6.61 Å². The number of methoxy groups -OCH3 is 1. The minimum absolute atomic E-state index is 0.640. The summed E-state index contributed by atoms with van der Waals surface area (Å²) in [6.45, 7) is 16.7. The van der Waals surface area contributed by atoms with Gasteiger partial charge in [-0.15, -0.1) is 0 Å². The zero-order valence-electron chi connectivity index (χ0n) is 19.7. The van der Waals surface area contributed by atoms with Crippen molar-refractivity contribution in [3.63, 3.8) is 0 Å². The number of ether oxygens (including phenoxy) is 2. The van der Waals surface area contributed by atoms with Gasteiger partial charge in [-0.1, -0.05) is 19.9 Å². The van der Waals surface area contributed by atoms with Gasteiger partial charge >= 0.3 is 0 Å². The summed E-state index contributed by atoms with van der Waals surface area (Å²) >= 11 is 0. The number of hydrogen-bond donors (Lipinski definition) is 1. The lowest BCUT2D eigenvalue weighted by molar-refractivity contribution is 0.255. The molecule has 0 aliphatic carbocycles. The highest BCUT2D eigenvalue weighted by molar-refractivity contribution is 5.80. The van der Waals surface area contributed by atoms with Gasteiger partial charge in [0.2, 0.25) is 0 Å². The number of guanidine groups is 1. The number of benzene rings is 1. The lowest BCUT2D eigenvalue weighted by atomic mass is 10.1. The fourth-order valence-electron chi connectivity index (χ4n) is 4.06. The third-order valence-electron chi connectivity index (χ3n) is 5.74. The number of hydrogen-bond acceptors (Lipinski definition) is 4. The minimum atomic E-state index is 0.640. The molecule has 1 aliphatic heterocycles. The molecule has 6 heteroatoms. The molecule has 1 N–H and O–H groups in total. The van der Waals surface area contributed by atoms with E-state index >= 15 is 0 Å². The fraction of sp³-hybridized carbons (Fsp3) is 0.708. The second kappa shape index (κ2) is 13.4. The second-order valence-corrected chi connectivity index (χ2v) is 7.84. The summed E-state index contributed by atoms with van der Waals surface area (Å²) in [6, 6.07) is 6.21. The van der Waals surface area contributed by atoms with Crippen LogP contribution in [-0.2, 0) is 6.42 Å². The highest BCUT2D eigenvalue weighted by Gasteiger charge is 2.25. The van der Waals surface area contributed by atoms with Gasteiger partial charge in [0, 0.05) is 32.7 Å². The minimum Gasteiger partial charge on any atom is -0.493 e. The van der Waals surface area contributed by atoms with Crippen LogP contribution in [0.15, 0.2) is 23.2 Å². The van der Waals surface area contributed by atoms with E-state index in [1.54, 1.807) is 7.11 Å².